The Hall–Kier alpha value is -0.0800. The van der Waals surface area contributed by atoms with Gasteiger partial charge < -0.3 is 10.2 Å². The lowest BCUT2D eigenvalue weighted by atomic mass is 9.92. The van der Waals surface area contributed by atoms with E-state index in [0.717, 1.165) is 11.8 Å². The van der Waals surface area contributed by atoms with Crippen molar-refractivity contribution in [2.45, 2.75) is 52.9 Å². The van der Waals surface area contributed by atoms with Crippen molar-refractivity contribution in [1.82, 2.24) is 10.2 Å². The van der Waals surface area contributed by atoms with E-state index in [0.29, 0.717) is 5.41 Å². The standard InChI is InChI=1S/C16H32N2/c1-16(2,3)8-9-17-10-11-18(12-14-4-5-14)13-15-6-7-15/h14-15,17H,4-13H2,1-3H3. The van der Waals surface area contributed by atoms with Crippen molar-refractivity contribution >= 4 is 0 Å². The van der Waals surface area contributed by atoms with E-state index < -0.39 is 0 Å². The van der Waals surface area contributed by atoms with Crippen LogP contribution in [0.15, 0.2) is 0 Å². The van der Waals surface area contributed by atoms with Gasteiger partial charge in [0.1, 0.15) is 0 Å². The lowest BCUT2D eigenvalue weighted by molar-refractivity contribution is 0.250. The Kier molecular flexibility index (Phi) is 5.08. The minimum absolute atomic E-state index is 0.467. The molecule has 0 aliphatic heterocycles. The van der Waals surface area contributed by atoms with Crippen LogP contribution in [-0.4, -0.2) is 37.6 Å². The van der Waals surface area contributed by atoms with Crippen LogP contribution in [-0.2, 0) is 0 Å². The fourth-order valence-electron chi connectivity index (χ4n) is 2.41. The molecular weight excluding hydrogens is 220 g/mol. The highest BCUT2D eigenvalue weighted by atomic mass is 15.1. The molecule has 2 aliphatic rings. The third kappa shape index (κ3) is 6.75. The molecule has 2 saturated carbocycles. The van der Waals surface area contributed by atoms with Crippen molar-refractivity contribution in [2.24, 2.45) is 17.3 Å². The Bertz CT molecular complexity index is 222. The lowest BCUT2D eigenvalue weighted by Gasteiger charge is -2.23. The highest BCUT2D eigenvalue weighted by Gasteiger charge is 2.28. The minimum Gasteiger partial charge on any atom is -0.315 e. The molecule has 0 amide bonds. The zero-order valence-corrected chi connectivity index (χ0v) is 12.7. The molecule has 2 nitrogen and oxygen atoms in total. The van der Waals surface area contributed by atoms with Crippen molar-refractivity contribution in [1.29, 1.82) is 0 Å². The number of rotatable bonds is 9. The fourth-order valence-corrected chi connectivity index (χ4v) is 2.41. The van der Waals surface area contributed by atoms with Gasteiger partial charge in [0.2, 0.25) is 0 Å². The average molecular weight is 252 g/mol. The number of hydrogen-bond donors (Lipinski definition) is 1. The average Bonchev–Trinajstić information content (AvgIpc) is 3.10. The molecule has 0 aromatic heterocycles. The van der Waals surface area contributed by atoms with Gasteiger partial charge in [-0.3, -0.25) is 0 Å². The Morgan fingerprint density at radius 3 is 1.94 bits per heavy atom. The SMILES string of the molecule is CC(C)(C)CCNCCN(CC1CC1)CC1CC1. The molecule has 0 aromatic carbocycles. The van der Waals surface area contributed by atoms with Gasteiger partial charge in [-0.25, -0.2) is 0 Å². The van der Waals surface area contributed by atoms with Crippen LogP contribution < -0.4 is 5.32 Å². The third-order valence-electron chi connectivity index (χ3n) is 4.08. The molecule has 18 heavy (non-hydrogen) atoms. The molecule has 0 bridgehead atoms. The van der Waals surface area contributed by atoms with Crippen LogP contribution in [0.2, 0.25) is 0 Å². The molecule has 0 saturated heterocycles. The topological polar surface area (TPSA) is 15.3 Å². The molecule has 2 rings (SSSR count). The molecule has 0 spiro atoms. The first-order chi connectivity index (χ1) is 8.53. The van der Waals surface area contributed by atoms with E-state index >= 15 is 0 Å². The summed E-state index contributed by atoms with van der Waals surface area (Å²) in [6.07, 6.45) is 7.22. The monoisotopic (exact) mass is 252 g/mol. The summed E-state index contributed by atoms with van der Waals surface area (Å²) < 4.78 is 0. The molecule has 0 radical (unpaired) electrons. The van der Waals surface area contributed by atoms with Crippen LogP contribution in [0.1, 0.15) is 52.9 Å². The first-order valence-electron chi connectivity index (χ1n) is 7.96. The van der Waals surface area contributed by atoms with Crippen LogP contribution in [0.4, 0.5) is 0 Å². The summed E-state index contributed by atoms with van der Waals surface area (Å²) >= 11 is 0. The maximum atomic E-state index is 3.62. The Morgan fingerprint density at radius 2 is 1.50 bits per heavy atom. The normalized spacial score (nSPS) is 20.7. The molecular formula is C16H32N2. The molecule has 0 atom stereocenters. The molecule has 2 heteroatoms. The second-order valence-corrected chi connectivity index (χ2v) is 7.71. The van der Waals surface area contributed by atoms with Crippen LogP contribution in [0, 0.1) is 17.3 Å². The fraction of sp³-hybridized carbons (Fsp3) is 1.00. The second-order valence-electron chi connectivity index (χ2n) is 7.71. The van der Waals surface area contributed by atoms with E-state index in [9.17, 15) is 0 Å². The zero-order chi connectivity index (χ0) is 13.0. The smallest absolute Gasteiger partial charge is 0.0107 e. The molecule has 0 aromatic rings. The Morgan fingerprint density at radius 1 is 0.944 bits per heavy atom. The van der Waals surface area contributed by atoms with Crippen molar-refractivity contribution in [3.63, 3.8) is 0 Å². The van der Waals surface area contributed by atoms with Crippen molar-refractivity contribution in [3.05, 3.63) is 0 Å². The van der Waals surface area contributed by atoms with E-state index in [1.807, 2.05) is 0 Å². The Balaban J connectivity index is 1.53. The van der Waals surface area contributed by atoms with Crippen LogP contribution in [0.25, 0.3) is 0 Å². The third-order valence-corrected chi connectivity index (χ3v) is 4.08. The maximum Gasteiger partial charge on any atom is 0.0107 e. The molecule has 2 aliphatic carbocycles. The van der Waals surface area contributed by atoms with Gasteiger partial charge in [-0.1, -0.05) is 20.8 Å². The first kappa shape index (κ1) is 14.3. The van der Waals surface area contributed by atoms with Gasteiger partial charge in [0.15, 0.2) is 0 Å². The summed E-state index contributed by atoms with van der Waals surface area (Å²) in [4.78, 5) is 2.72. The van der Waals surface area contributed by atoms with Crippen LogP contribution in [0.5, 0.6) is 0 Å². The maximum absolute atomic E-state index is 3.62. The summed E-state index contributed by atoms with van der Waals surface area (Å²) in [6.45, 7) is 13.3. The van der Waals surface area contributed by atoms with E-state index in [4.69, 9.17) is 0 Å². The zero-order valence-electron chi connectivity index (χ0n) is 12.7. The summed E-state index contributed by atoms with van der Waals surface area (Å²) in [5.41, 5.74) is 0.467. The summed E-state index contributed by atoms with van der Waals surface area (Å²) in [5, 5.41) is 3.62. The molecule has 106 valence electrons. The van der Waals surface area contributed by atoms with E-state index in [2.05, 4.69) is 31.0 Å². The van der Waals surface area contributed by atoms with Crippen molar-refractivity contribution in [3.8, 4) is 0 Å². The molecule has 0 unspecified atom stereocenters. The molecule has 1 N–H and O–H groups in total. The number of hydrogen-bond acceptors (Lipinski definition) is 2. The number of nitrogens with one attached hydrogen (secondary N) is 1. The quantitative estimate of drug-likeness (QED) is 0.634. The van der Waals surface area contributed by atoms with Gasteiger partial charge in [-0.05, 0) is 55.9 Å². The van der Waals surface area contributed by atoms with Gasteiger partial charge in [-0.2, -0.15) is 0 Å². The summed E-state index contributed by atoms with van der Waals surface area (Å²) in [7, 11) is 0. The van der Waals surface area contributed by atoms with E-state index in [1.165, 1.54) is 64.8 Å². The van der Waals surface area contributed by atoms with Crippen LogP contribution >= 0.6 is 0 Å². The van der Waals surface area contributed by atoms with Gasteiger partial charge in [0, 0.05) is 26.2 Å². The predicted octanol–water partition coefficient (Wildman–Crippen LogP) is 3.13. The first-order valence-corrected chi connectivity index (χ1v) is 7.96. The second kappa shape index (κ2) is 6.38. The van der Waals surface area contributed by atoms with E-state index in [-0.39, 0.29) is 0 Å². The van der Waals surface area contributed by atoms with Crippen molar-refractivity contribution in [2.75, 3.05) is 32.7 Å². The van der Waals surface area contributed by atoms with Crippen molar-refractivity contribution < 1.29 is 0 Å². The highest BCUT2D eigenvalue weighted by Crippen LogP contribution is 2.33. The predicted molar refractivity (Wildman–Crippen MR) is 78.8 cm³/mol. The lowest BCUT2D eigenvalue weighted by Crippen LogP contribution is -2.35. The van der Waals surface area contributed by atoms with E-state index in [1.54, 1.807) is 0 Å². The van der Waals surface area contributed by atoms with Crippen LogP contribution in [0.3, 0.4) is 0 Å². The number of nitrogens with zero attached hydrogens (tertiary/aromatic N) is 1. The molecule has 0 heterocycles. The molecule has 2 fully saturated rings. The van der Waals surface area contributed by atoms with Gasteiger partial charge in [0.05, 0.1) is 0 Å². The minimum atomic E-state index is 0.467. The highest BCUT2D eigenvalue weighted by molar-refractivity contribution is 4.82. The van der Waals surface area contributed by atoms with Gasteiger partial charge >= 0.3 is 0 Å². The van der Waals surface area contributed by atoms with Gasteiger partial charge in [0.25, 0.3) is 0 Å². The van der Waals surface area contributed by atoms with Gasteiger partial charge in [-0.15, -0.1) is 0 Å². The summed E-state index contributed by atoms with van der Waals surface area (Å²) in [6, 6.07) is 0. The summed E-state index contributed by atoms with van der Waals surface area (Å²) in [5.74, 6) is 2.08. The largest absolute Gasteiger partial charge is 0.315 e. The Labute approximate surface area is 114 Å².